The minimum Gasteiger partial charge on any atom is -0.336 e. The molecule has 7 heteroatoms. The summed E-state index contributed by atoms with van der Waals surface area (Å²) >= 11 is 0. The Morgan fingerprint density at radius 2 is 1.88 bits per heavy atom. The molecule has 0 aromatic heterocycles. The summed E-state index contributed by atoms with van der Waals surface area (Å²) in [5.41, 5.74) is 0.559. The van der Waals surface area contributed by atoms with Crippen LogP contribution in [0.2, 0.25) is 0 Å². The first-order chi connectivity index (χ1) is 11.3. The molecule has 5 nitrogen and oxygen atoms in total. The first kappa shape index (κ1) is 17.4. The van der Waals surface area contributed by atoms with Crippen LogP contribution in [0.3, 0.4) is 0 Å². The van der Waals surface area contributed by atoms with Gasteiger partial charge in [0.15, 0.2) is 9.84 Å². The maximum absolute atomic E-state index is 13.9. The smallest absolute Gasteiger partial charge is 0.225 e. The highest BCUT2D eigenvalue weighted by Crippen LogP contribution is 2.29. The second-order valence-corrected chi connectivity index (χ2v) is 9.11. The molecule has 24 heavy (non-hydrogen) atoms. The largest absolute Gasteiger partial charge is 0.336 e. The van der Waals surface area contributed by atoms with Gasteiger partial charge in [0.1, 0.15) is 5.82 Å². The lowest BCUT2D eigenvalue weighted by atomic mass is 10.0. The van der Waals surface area contributed by atoms with Crippen molar-refractivity contribution in [3.05, 3.63) is 35.6 Å². The van der Waals surface area contributed by atoms with Crippen molar-refractivity contribution in [2.45, 2.75) is 32.5 Å². The number of sulfone groups is 1. The fourth-order valence-corrected chi connectivity index (χ4v) is 5.68. The topological polar surface area (TPSA) is 57.7 Å². The van der Waals surface area contributed by atoms with Gasteiger partial charge in [0.2, 0.25) is 5.91 Å². The van der Waals surface area contributed by atoms with Gasteiger partial charge in [-0.3, -0.25) is 9.69 Å². The molecule has 2 aliphatic heterocycles. The van der Waals surface area contributed by atoms with E-state index in [9.17, 15) is 17.6 Å². The summed E-state index contributed by atoms with van der Waals surface area (Å²) in [4.78, 5) is 16.2. The van der Waals surface area contributed by atoms with Gasteiger partial charge in [-0.25, -0.2) is 12.8 Å². The van der Waals surface area contributed by atoms with Crippen LogP contribution in [-0.4, -0.2) is 60.8 Å². The first-order valence-corrected chi connectivity index (χ1v) is 10.1. The number of carbonyl (C=O) groups excluding carboxylic acids is 1. The van der Waals surface area contributed by atoms with Crippen LogP contribution in [0, 0.1) is 11.7 Å². The predicted octanol–water partition coefficient (Wildman–Crippen LogP) is 1.29. The van der Waals surface area contributed by atoms with Crippen molar-refractivity contribution in [2.24, 2.45) is 5.92 Å². The quantitative estimate of drug-likeness (QED) is 0.821. The number of nitrogens with zero attached hydrogens (tertiary/aromatic N) is 2. The Morgan fingerprint density at radius 1 is 1.21 bits per heavy atom. The van der Waals surface area contributed by atoms with Crippen molar-refractivity contribution >= 4 is 15.7 Å². The third kappa shape index (κ3) is 3.32. The molecular formula is C17H23FN2O3S. The van der Waals surface area contributed by atoms with E-state index in [-0.39, 0.29) is 41.2 Å². The van der Waals surface area contributed by atoms with E-state index in [0.717, 1.165) is 0 Å². The molecule has 2 atom stereocenters. The molecule has 132 valence electrons. The lowest BCUT2D eigenvalue weighted by Crippen LogP contribution is -2.60. The van der Waals surface area contributed by atoms with Crippen molar-refractivity contribution in [3.63, 3.8) is 0 Å². The minimum atomic E-state index is -3.19. The Balaban J connectivity index is 1.85. The molecule has 0 spiro atoms. The Morgan fingerprint density at radius 3 is 2.54 bits per heavy atom. The highest BCUT2D eigenvalue weighted by atomic mass is 32.2. The van der Waals surface area contributed by atoms with Crippen molar-refractivity contribution < 1.29 is 17.6 Å². The van der Waals surface area contributed by atoms with Crippen LogP contribution in [0.4, 0.5) is 4.39 Å². The monoisotopic (exact) mass is 354 g/mol. The Labute approximate surface area is 142 Å². The Kier molecular flexibility index (Phi) is 4.66. The molecule has 1 aromatic rings. The van der Waals surface area contributed by atoms with Gasteiger partial charge in [0.05, 0.1) is 17.5 Å². The summed E-state index contributed by atoms with van der Waals surface area (Å²) in [5.74, 6) is -0.409. The highest BCUT2D eigenvalue weighted by molar-refractivity contribution is 7.91. The molecular weight excluding hydrogens is 331 g/mol. The average molecular weight is 354 g/mol. The third-order valence-corrected chi connectivity index (χ3v) is 6.60. The van der Waals surface area contributed by atoms with Gasteiger partial charge < -0.3 is 4.90 Å². The number of fused-ring (bicyclic) bond motifs is 1. The van der Waals surface area contributed by atoms with E-state index in [1.165, 1.54) is 6.07 Å². The van der Waals surface area contributed by atoms with Gasteiger partial charge in [-0.1, -0.05) is 32.0 Å². The highest BCUT2D eigenvalue weighted by Gasteiger charge is 2.48. The van der Waals surface area contributed by atoms with E-state index in [1.807, 2.05) is 18.7 Å². The SMILES string of the molecule is CC(C)C(=O)N1CCN(Cc2ccccc2F)C2CS(=O)(=O)CC21. The van der Waals surface area contributed by atoms with E-state index in [2.05, 4.69) is 0 Å². The molecule has 2 aliphatic rings. The van der Waals surface area contributed by atoms with Crippen molar-refractivity contribution in [3.8, 4) is 0 Å². The van der Waals surface area contributed by atoms with Crippen molar-refractivity contribution in [1.82, 2.24) is 9.80 Å². The van der Waals surface area contributed by atoms with E-state index in [0.29, 0.717) is 25.2 Å². The first-order valence-electron chi connectivity index (χ1n) is 8.27. The molecule has 1 aromatic carbocycles. The standard InChI is InChI=1S/C17H23FN2O3S/c1-12(2)17(21)20-8-7-19(9-13-5-3-4-6-14(13)18)15-10-24(22,23)11-16(15)20/h3-6,12,15-16H,7-11H2,1-2H3. The van der Waals surface area contributed by atoms with Crippen LogP contribution in [0.5, 0.6) is 0 Å². The van der Waals surface area contributed by atoms with Crippen molar-refractivity contribution in [1.29, 1.82) is 0 Å². The molecule has 0 bridgehead atoms. The summed E-state index contributed by atoms with van der Waals surface area (Å²) in [6, 6.07) is 5.97. The van der Waals surface area contributed by atoms with Gasteiger partial charge in [-0.05, 0) is 6.07 Å². The number of halogens is 1. The van der Waals surface area contributed by atoms with E-state index < -0.39 is 9.84 Å². The zero-order chi connectivity index (χ0) is 17.5. The predicted molar refractivity (Wildman–Crippen MR) is 89.6 cm³/mol. The number of carbonyl (C=O) groups is 1. The molecule has 2 unspecified atom stereocenters. The average Bonchev–Trinajstić information content (AvgIpc) is 2.84. The Hall–Kier alpha value is -1.47. The fourth-order valence-electron chi connectivity index (χ4n) is 3.67. The van der Waals surface area contributed by atoms with Crippen LogP contribution in [-0.2, 0) is 21.2 Å². The summed E-state index contributed by atoms with van der Waals surface area (Å²) in [6.07, 6.45) is 0. The molecule has 2 heterocycles. The number of piperazine rings is 1. The number of hydrogen-bond acceptors (Lipinski definition) is 4. The van der Waals surface area contributed by atoms with Crippen molar-refractivity contribution in [2.75, 3.05) is 24.6 Å². The van der Waals surface area contributed by atoms with E-state index >= 15 is 0 Å². The summed E-state index contributed by atoms with van der Waals surface area (Å²) < 4.78 is 38.3. The number of amides is 1. The molecule has 1 amide bonds. The van der Waals surface area contributed by atoms with E-state index in [1.54, 1.807) is 23.1 Å². The maximum atomic E-state index is 13.9. The normalized spacial score (nSPS) is 26.6. The second-order valence-electron chi connectivity index (χ2n) is 6.96. The van der Waals surface area contributed by atoms with Gasteiger partial charge in [0.25, 0.3) is 0 Å². The van der Waals surface area contributed by atoms with Crippen LogP contribution >= 0.6 is 0 Å². The number of benzene rings is 1. The zero-order valence-corrected chi connectivity index (χ0v) is 14.8. The number of rotatable bonds is 3. The molecule has 0 N–H and O–H groups in total. The molecule has 2 fully saturated rings. The number of hydrogen-bond donors (Lipinski definition) is 0. The third-order valence-electron chi connectivity index (χ3n) is 4.90. The minimum absolute atomic E-state index is 0.00387. The van der Waals surface area contributed by atoms with Crippen LogP contribution < -0.4 is 0 Å². The fraction of sp³-hybridized carbons (Fsp3) is 0.588. The van der Waals surface area contributed by atoms with E-state index in [4.69, 9.17) is 0 Å². The van der Waals surface area contributed by atoms with Gasteiger partial charge in [0, 0.05) is 37.2 Å². The Bertz CT molecular complexity index is 735. The molecule has 2 saturated heterocycles. The second kappa shape index (κ2) is 6.44. The van der Waals surface area contributed by atoms with Crippen LogP contribution in [0.15, 0.2) is 24.3 Å². The van der Waals surface area contributed by atoms with Crippen LogP contribution in [0.1, 0.15) is 19.4 Å². The van der Waals surface area contributed by atoms with Gasteiger partial charge in [-0.2, -0.15) is 0 Å². The van der Waals surface area contributed by atoms with Gasteiger partial charge >= 0.3 is 0 Å². The molecule has 0 aliphatic carbocycles. The molecule has 0 radical (unpaired) electrons. The summed E-state index contributed by atoms with van der Waals surface area (Å²) in [6.45, 7) is 5.07. The summed E-state index contributed by atoms with van der Waals surface area (Å²) in [7, 11) is -3.19. The zero-order valence-electron chi connectivity index (χ0n) is 14.0. The van der Waals surface area contributed by atoms with Gasteiger partial charge in [-0.15, -0.1) is 0 Å². The maximum Gasteiger partial charge on any atom is 0.225 e. The lowest BCUT2D eigenvalue weighted by molar-refractivity contribution is -0.140. The molecule has 0 saturated carbocycles. The van der Waals surface area contributed by atoms with Crippen LogP contribution in [0.25, 0.3) is 0 Å². The lowest BCUT2D eigenvalue weighted by Gasteiger charge is -2.44. The molecule has 3 rings (SSSR count). The summed E-state index contributed by atoms with van der Waals surface area (Å²) in [5, 5.41) is 0.